The Morgan fingerprint density at radius 1 is 1.43 bits per heavy atom. The maximum atomic E-state index is 11.4. The molecule has 1 amide bonds. The molecule has 3 N–H and O–H groups in total. The Balaban J connectivity index is 2.27. The molecule has 1 saturated heterocycles. The zero-order valence-corrected chi connectivity index (χ0v) is 8.99. The van der Waals surface area contributed by atoms with E-state index in [1.807, 2.05) is 11.9 Å². The zero-order chi connectivity index (χ0) is 10.6. The molecule has 0 aromatic heterocycles. The average Bonchev–Trinajstić information content (AvgIpc) is 2.20. The SMILES string of the molecule is CCC(N)C(=O)NN1CCN(C)CC1. The Bertz CT molecular complexity index is 189. The van der Waals surface area contributed by atoms with Gasteiger partial charge in [0.05, 0.1) is 6.04 Å². The van der Waals surface area contributed by atoms with Crippen molar-refractivity contribution in [2.45, 2.75) is 19.4 Å². The van der Waals surface area contributed by atoms with Gasteiger partial charge in [-0.2, -0.15) is 0 Å². The number of amides is 1. The van der Waals surface area contributed by atoms with E-state index in [0.717, 1.165) is 26.2 Å². The van der Waals surface area contributed by atoms with Crippen LogP contribution in [-0.2, 0) is 4.79 Å². The monoisotopic (exact) mass is 200 g/mol. The van der Waals surface area contributed by atoms with Crippen molar-refractivity contribution in [2.24, 2.45) is 5.73 Å². The van der Waals surface area contributed by atoms with Gasteiger partial charge in [-0.05, 0) is 13.5 Å². The van der Waals surface area contributed by atoms with Gasteiger partial charge in [-0.25, -0.2) is 5.01 Å². The largest absolute Gasteiger partial charge is 0.320 e. The van der Waals surface area contributed by atoms with E-state index >= 15 is 0 Å². The minimum absolute atomic E-state index is 0.0722. The molecule has 1 rings (SSSR count). The highest BCUT2D eigenvalue weighted by atomic mass is 16.2. The van der Waals surface area contributed by atoms with Gasteiger partial charge in [0, 0.05) is 26.2 Å². The summed E-state index contributed by atoms with van der Waals surface area (Å²) in [5, 5.41) is 1.94. The van der Waals surface area contributed by atoms with Crippen LogP contribution >= 0.6 is 0 Å². The van der Waals surface area contributed by atoms with Gasteiger partial charge >= 0.3 is 0 Å². The summed E-state index contributed by atoms with van der Waals surface area (Å²) >= 11 is 0. The van der Waals surface area contributed by atoms with Gasteiger partial charge in [0.25, 0.3) is 5.91 Å². The molecule has 0 saturated carbocycles. The molecule has 1 aliphatic rings. The molecule has 82 valence electrons. The van der Waals surface area contributed by atoms with Gasteiger partial charge in [-0.1, -0.05) is 6.92 Å². The van der Waals surface area contributed by atoms with Gasteiger partial charge < -0.3 is 10.6 Å². The molecule has 14 heavy (non-hydrogen) atoms. The van der Waals surface area contributed by atoms with Gasteiger partial charge in [-0.15, -0.1) is 0 Å². The van der Waals surface area contributed by atoms with E-state index in [4.69, 9.17) is 5.73 Å². The number of nitrogens with zero attached hydrogens (tertiary/aromatic N) is 2. The molecule has 0 aromatic carbocycles. The summed E-state index contributed by atoms with van der Waals surface area (Å²) in [4.78, 5) is 13.7. The molecular weight excluding hydrogens is 180 g/mol. The average molecular weight is 200 g/mol. The quantitative estimate of drug-likeness (QED) is 0.613. The molecule has 1 fully saturated rings. The van der Waals surface area contributed by atoms with Crippen molar-refractivity contribution in [1.82, 2.24) is 15.3 Å². The molecule has 1 unspecified atom stereocenters. The maximum Gasteiger partial charge on any atom is 0.251 e. The van der Waals surface area contributed by atoms with Gasteiger partial charge in [0.1, 0.15) is 0 Å². The molecule has 0 aliphatic carbocycles. The predicted octanol–water partition coefficient (Wildman–Crippen LogP) is -0.998. The van der Waals surface area contributed by atoms with Crippen LogP contribution in [0.2, 0.25) is 0 Å². The van der Waals surface area contributed by atoms with Crippen LogP contribution in [0.3, 0.4) is 0 Å². The Morgan fingerprint density at radius 3 is 2.50 bits per heavy atom. The number of likely N-dealkylation sites (N-methyl/N-ethyl adjacent to an activating group) is 1. The Hall–Kier alpha value is -0.650. The lowest BCUT2D eigenvalue weighted by Crippen LogP contribution is -2.55. The first-order valence-electron chi connectivity index (χ1n) is 5.13. The fraction of sp³-hybridized carbons (Fsp3) is 0.889. The van der Waals surface area contributed by atoms with Crippen LogP contribution in [0, 0.1) is 0 Å². The standard InChI is InChI=1S/C9H20N4O/c1-3-8(10)9(14)11-13-6-4-12(2)5-7-13/h8H,3-7,10H2,1-2H3,(H,11,14). The molecule has 5 heteroatoms. The third-order valence-electron chi connectivity index (χ3n) is 2.55. The van der Waals surface area contributed by atoms with Crippen LogP contribution in [0.15, 0.2) is 0 Å². The lowest BCUT2D eigenvalue weighted by atomic mass is 10.2. The summed E-state index contributed by atoms with van der Waals surface area (Å²) in [6, 6.07) is -0.380. The molecule has 0 bridgehead atoms. The van der Waals surface area contributed by atoms with Crippen molar-refractivity contribution in [1.29, 1.82) is 0 Å². The van der Waals surface area contributed by atoms with E-state index in [1.54, 1.807) is 0 Å². The van der Waals surface area contributed by atoms with E-state index in [2.05, 4.69) is 17.4 Å². The Labute approximate surface area is 85.2 Å². The highest BCUT2D eigenvalue weighted by Gasteiger charge is 2.18. The lowest BCUT2D eigenvalue weighted by molar-refractivity contribution is -0.128. The normalized spacial score (nSPS) is 21.9. The fourth-order valence-electron chi connectivity index (χ4n) is 1.34. The van der Waals surface area contributed by atoms with E-state index < -0.39 is 0 Å². The molecule has 5 nitrogen and oxygen atoms in total. The third kappa shape index (κ3) is 3.25. The number of nitrogens with two attached hydrogens (primary N) is 1. The van der Waals surface area contributed by atoms with E-state index in [-0.39, 0.29) is 11.9 Å². The molecule has 1 heterocycles. The number of carbonyl (C=O) groups is 1. The van der Waals surface area contributed by atoms with Crippen LogP contribution in [0.25, 0.3) is 0 Å². The van der Waals surface area contributed by atoms with Crippen molar-refractivity contribution >= 4 is 5.91 Å². The number of piperazine rings is 1. The minimum Gasteiger partial charge on any atom is -0.320 e. The maximum absolute atomic E-state index is 11.4. The van der Waals surface area contributed by atoms with Crippen molar-refractivity contribution in [3.8, 4) is 0 Å². The molecular formula is C9H20N4O. The first kappa shape index (κ1) is 11.4. The number of nitrogens with one attached hydrogen (secondary N) is 1. The number of hydrogen-bond donors (Lipinski definition) is 2. The van der Waals surface area contributed by atoms with E-state index in [9.17, 15) is 4.79 Å². The van der Waals surface area contributed by atoms with Gasteiger partial charge in [0.15, 0.2) is 0 Å². The molecule has 1 atom stereocenters. The first-order chi connectivity index (χ1) is 6.63. The van der Waals surface area contributed by atoms with E-state index in [0.29, 0.717) is 6.42 Å². The van der Waals surface area contributed by atoms with Crippen molar-refractivity contribution < 1.29 is 4.79 Å². The molecule has 0 aromatic rings. The summed E-state index contributed by atoms with van der Waals surface area (Å²) in [6.07, 6.45) is 0.680. The summed E-state index contributed by atoms with van der Waals surface area (Å²) in [5.74, 6) is -0.0722. The summed E-state index contributed by atoms with van der Waals surface area (Å²) in [6.45, 7) is 5.63. The zero-order valence-electron chi connectivity index (χ0n) is 8.99. The van der Waals surface area contributed by atoms with Gasteiger partial charge in [0.2, 0.25) is 0 Å². The second kappa shape index (κ2) is 5.29. The van der Waals surface area contributed by atoms with Crippen LogP contribution in [0.5, 0.6) is 0 Å². The third-order valence-corrected chi connectivity index (χ3v) is 2.55. The van der Waals surface area contributed by atoms with Crippen LogP contribution < -0.4 is 11.2 Å². The van der Waals surface area contributed by atoms with Crippen LogP contribution in [0.4, 0.5) is 0 Å². The predicted molar refractivity (Wildman–Crippen MR) is 55.5 cm³/mol. The summed E-state index contributed by atoms with van der Waals surface area (Å²) < 4.78 is 0. The van der Waals surface area contributed by atoms with Crippen molar-refractivity contribution in [3.05, 3.63) is 0 Å². The lowest BCUT2D eigenvalue weighted by Gasteiger charge is -2.32. The summed E-state index contributed by atoms with van der Waals surface area (Å²) in [7, 11) is 2.08. The van der Waals surface area contributed by atoms with Crippen molar-refractivity contribution in [2.75, 3.05) is 33.2 Å². The molecule has 0 spiro atoms. The smallest absolute Gasteiger partial charge is 0.251 e. The highest BCUT2D eigenvalue weighted by Crippen LogP contribution is 1.96. The second-order valence-electron chi connectivity index (χ2n) is 3.78. The number of hydrazine groups is 1. The van der Waals surface area contributed by atoms with E-state index in [1.165, 1.54) is 0 Å². The number of rotatable bonds is 3. The fourth-order valence-corrected chi connectivity index (χ4v) is 1.34. The Morgan fingerprint density at radius 2 is 2.00 bits per heavy atom. The topological polar surface area (TPSA) is 61.6 Å². The number of carbonyl (C=O) groups excluding carboxylic acids is 1. The molecule has 1 aliphatic heterocycles. The molecule has 0 radical (unpaired) electrons. The summed E-state index contributed by atoms with van der Waals surface area (Å²) in [5.41, 5.74) is 8.44. The van der Waals surface area contributed by atoms with Gasteiger partial charge in [-0.3, -0.25) is 10.2 Å². The number of hydrogen-bond acceptors (Lipinski definition) is 4. The van der Waals surface area contributed by atoms with Crippen molar-refractivity contribution in [3.63, 3.8) is 0 Å². The minimum atomic E-state index is -0.380. The highest BCUT2D eigenvalue weighted by molar-refractivity contribution is 5.80. The Kier molecular flexibility index (Phi) is 4.31. The first-order valence-corrected chi connectivity index (χ1v) is 5.13. The van der Waals surface area contributed by atoms with Crippen LogP contribution in [0.1, 0.15) is 13.3 Å². The van der Waals surface area contributed by atoms with Crippen LogP contribution in [-0.4, -0.2) is 55.1 Å². The second-order valence-corrected chi connectivity index (χ2v) is 3.78.